The predicted octanol–water partition coefficient (Wildman–Crippen LogP) is 7.35. The summed E-state index contributed by atoms with van der Waals surface area (Å²) in [4.78, 5) is 16.0. The molecule has 4 aliphatic rings. The van der Waals surface area contributed by atoms with Gasteiger partial charge in [-0.2, -0.15) is 0 Å². The van der Waals surface area contributed by atoms with Crippen LogP contribution in [0.5, 0.6) is 0 Å². The first-order valence-electron chi connectivity index (χ1n) is 12.0. The van der Waals surface area contributed by atoms with E-state index in [9.17, 15) is 0 Å². The second kappa shape index (κ2) is 16.3. The number of carbonyl (C=O) groups is 2. The van der Waals surface area contributed by atoms with Gasteiger partial charge in [0.25, 0.3) is 0 Å². The molecule has 0 bridgehead atoms. The van der Waals surface area contributed by atoms with Gasteiger partial charge in [0, 0.05) is 16.5 Å². The van der Waals surface area contributed by atoms with Gasteiger partial charge >= 0.3 is 0 Å². The Balaban J connectivity index is 0.000000794. The maximum absolute atomic E-state index is 8.00. The number of rotatable bonds is 7. The molecule has 0 heterocycles. The van der Waals surface area contributed by atoms with E-state index in [1.165, 1.54) is 22.6 Å². The van der Waals surface area contributed by atoms with Crippen LogP contribution in [-0.4, -0.2) is 48.5 Å². The van der Waals surface area contributed by atoms with Crippen molar-refractivity contribution in [1.29, 1.82) is 0 Å². The van der Waals surface area contributed by atoms with Crippen LogP contribution in [0.1, 0.15) is 103 Å². The molecule has 0 aromatic heterocycles. The van der Waals surface area contributed by atoms with Gasteiger partial charge in [0.2, 0.25) is 0 Å². The normalized spacial score (nSPS) is 23.7. The Morgan fingerprint density at radius 3 is 0.793 bits per heavy atom. The average Bonchev–Trinajstić information content (AvgIpc) is 3.56. The molecule has 0 spiro atoms. The maximum Gasteiger partial charge on any atom is 0.106 e. The second-order valence-electron chi connectivity index (χ2n) is 9.23. The third kappa shape index (κ3) is 8.28. The molecule has 0 aliphatic heterocycles. The minimum Gasteiger partial charge on any atom is -0.307 e. The summed E-state index contributed by atoms with van der Waals surface area (Å²) >= 11 is 0. The van der Waals surface area contributed by atoms with E-state index in [1.54, 1.807) is 115 Å². The van der Waals surface area contributed by atoms with Crippen molar-refractivity contribution in [2.24, 2.45) is 0 Å². The van der Waals surface area contributed by atoms with E-state index >= 15 is 0 Å². The van der Waals surface area contributed by atoms with Gasteiger partial charge < -0.3 is 9.59 Å². The van der Waals surface area contributed by atoms with E-state index in [0.29, 0.717) is 15.8 Å². The first-order chi connectivity index (χ1) is 13.9. The van der Waals surface area contributed by atoms with Crippen molar-refractivity contribution in [3.8, 4) is 0 Å². The fraction of sp³-hybridized carbons (Fsp3) is 0.917. The van der Waals surface area contributed by atoms with Crippen LogP contribution in [0.15, 0.2) is 0 Å². The molecule has 172 valence electrons. The molecule has 29 heavy (non-hydrogen) atoms. The first-order valence-corrected chi connectivity index (χ1v) is 15.3. The molecular formula is C24H44NiO2P2. The number of carbonyl (C=O) groups excluding carboxylic acids is 2. The zero-order valence-corrected chi connectivity index (χ0v) is 21.3. The van der Waals surface area contributed by atoms with Crippen LogP contribution < -0.4 is 0 Å². The summed E-state index contributed by atoms with van der Waals surface area (Å²) in [5.41, 5.74) is 4.80. The van der Waals surface area contributed by atoms with E-state index in [1.807, 2.05) is 13.6 Å². The zero-order valence-electron chi connectivity index (χ0n) is 18.5. The quantitative estimate of drug-likeness (QED) is 0.279. The maximum atomic E-state index is 8.00. The van der Waals surface area contributed by atoms with Gasteiger partial charge in [0.1, 0.15) is 13.6 Å². The summed E-state index contributed by atoms with van der Waals surface area (Å²) in [5.74, 6) is 0. The Morgan fingerprint density at radius 1 is 0.448 bits per heavy atom. The molecule has 0 radical (unpaired) electrons. The largest absolute Gasteiger partial charge is 0.307 e. The minimum absolute atomic E-state index is 0. The van der Waals surface area contributed by atoms with Gasteiger partial charge in [0.15, 0.2) is 0 Å². The Morgan fingerprint density at radius 2 is 0.621 bits per heavy atom. The van der Waals surface area contributed by atoms with Crippen molar-refractivity contribution in [3.63, 3.8) is 0 Å². The topological polar surface area (TPSA) is 34.1 Å². The van der Waals surface area contributed by atoms with Crippen molar-refractivity contribution >= 4 is 29.4 Å². The van der Waals surface area contributed by atoms with Crippen molar-refractivity contribution in [2.75, 3.05) is 12.3 Å². The fourth-order valence-electron chi connectivity index (χ4n) is 6.50. The van der Waals surface area contributed by atoms with Crippen molar-refractivity contribution < 1.29 is 26.1 Å². The van der Waals surface area contributed by atoms with E-state index in [0.717, 1.165) is 0 Å². The molecule has 0 aromatic rings. The van der Waals surface area contributed by atoms with Crippen LogP contribution in [0.4, 0.5) is 0 Å². The molecule has 0 saturated heterocycles. The molecule has 0 amide bonds. The molecule has 4 fully saturated rings. The van der Waals surface area contributed by atoms with Gasteiger partial charge in [-0.3, -0.25) is 0 Å². The van der Waals surface area contributed by atoms with Crippen LogP contribution in [0.2, 0.25) is 0 Å². The van der Waals surface area contributed by atoms with Crippen LogP contribution >= 0.6 is 15.8 Å². The molecule has 0 aromatic carbocycles. The fourth-order valence-corrected chi connectivity index (χ4v) is 15.1. The molecule has 2 nitrogen and oxygen atoms in total. The minimum atomic E-state index is 0. The van der Waals surface area contributed by atoms with Gasteiger partial charge in [0.05, 0.1) is 0 Å². The smallest absolute Gasteiger partial charge is 0.106 e. The van der Waals surface area contributed by atoms with Gasteiger partial charge in [-0.05, 0) is 86.3 Å². The van der Waals surface area contributed by atoms with Crippen LogP contribution in [0.25, 0.3) is 0 Å². The summed E-state index contributed by atoms with van der Waals surface area (Å²) in [6.07, 6.45) is 28.9. The van der Waals surface area contributed by atoms with Gasteiger partial charge in [-0.25, -0.2) is 0 Å². The third-order valence-corrected chi connectivity index (χ3v) is 15.4. The second-order valence-corrected chi connectivity index (χ2v) is 15.1. The summed E-state index contributed by atoms with van der Waals surface area (Å²) in [7, 11) is 0.784. The molecule has 4 aliphatic carbocycles. The summed E-state index contributed by atoms with van der Waals surface area (Å²) < 4.78 is 0. The van der Waals surface area contributed by atoms with Gasteiger partial charge in [-0.15, -0.1) is 0 Å². The summed E-state index contributed by atoms with van der Waals surface area (Å²) in [6.45, 7) is 4.00. The Kier molecular flexibility index (Phi) is 15.6. The molecule has 4 saturated carbocycles. The van der Waals surface area contributed by atoms with Gasteiger partial charge in [-0.1, -0.05) is 67.2 Å². The van der Waals surface area contributed by atoms with E-state index in [4.69, 9.17) is 9.59 Å². The van der Waals surface area contributed by atoms with E-state index < -0.39 is 0 Å². The first kappa shape index (κ1) is 27.7. The molecule has 4 rings (SSSR count). The van der Waals surface area contributed by atoms with Crippen LogP contribution in [0.3, 0.4) is 0 Å². The third-order valence-electron chi connectivity index (χ3n) is 7.79. The van der Waals surface area contributed by atoms with E-state index in [2.05, 4.69) is 0 Å². The Bertz CT molecular complexity index is 332. The zero-order chi connectivity index (χ0) is 20.2. The molecule has 0 N–H and O–H groups in total. The summed E-state index contributed by atoms with van der Waals surface area (Å²) in [5, 5.41) is 0. The number of hydrogen-bond donors (Lipinski definition) is 0. The molecular weight excluding hydrogens is 441 g/mol. The van der Waals surface area contributed by atoms with Crippen molar-refractivity contribution in [2.45, 2.75) is 125 Å². The Labute approximate surface area is 192 Å². The average molecular weight is 485 g/mol. The van der Waals surface area contributed by atoms with E-state index in [-0.39, 0.29) is 16.5 Å². The van der Waals surface area contributed by atoms with Crippen molar-refractivity contribution in [1.82, 2.24) is 0 Å². The Hall–Kier alpha value is 0.694. The molecule has 0 unspecified atom stereocenters. The standard InChI is InChI=1S/C22H40P2.2CH2O.Ni/c1-2-10-19(9-1)23(20-11-3-4-12-20)17-18-24(21-13-5-6-14-21)22-15-7-8-16-22;2*1-2;/h19-22H,1-18H2;2*1H2;. The van der Waals surface area contributed by atoms with Crippen LogP contribution in [0, 0.1) is 0 Å². The van der Waals surface area contributed by atoms with Crippen molar-refractivity contribution in [3.05, 3.63) is 0 Å². The monoisotopic (exact) mass is 484 g/mol. The molecule has 0 atom stereocenters. The van der Waals surface area contributed by atoms with Crippen LogP contribution in [-0.2, 0) is 26.1 Å². The predicted molar refractivity (Wildman–Crippen MR) is 127 cm³/mol. The number of hydrogen-bond acceptors (Lipinski definition) is 2. The molecule has 5 heteroatoms. The SMILES string of the molecule is C1CCC(P(CCP(C2CCCC2)C2CCCC2)C2CCCC2)C1.C=O.C=O.[Ni]. The summed E-state index contributed by atoms with van der Waals surface area (Å²) in [6, 6.07) is 0.